The first-order valence-electron chi connectivity index (χ1n) is 9.23. The molecule has 1 fully saturated rings. The number of hydrogen-bond donors (Lipinski definition) is 3. The summed E-state index contributed by atoms with van der Waals surface area (Å²) >= 11 is 1.89. The van der Waals surface area contributed by atoms with Gasteiger partial charge in [-0.3, -0.25) is 4.90 Å². The van der Waals surface area contributed by atoms with Gasteiger partial charge in [0.1, 0.15) is 11.8 Å². The predicted octanol–water partition coefficient (Wildman–Crippen LogP) is 3.14. The lowest BCUT2D eigenvalue weighted by Gasteiger charge is -2.14. The molecule has 4 N–H and O–H groups in total. The first kappa shape index (κ1) is 21.7. The van der Waals surface area contributed by atoms with Gasteiger partial charge >= 0.3 is 0 Å². The van der Waals surface area contributed by atoms with Crippen molar-refractivity contribution in [2.45, 2.75) is 47.3 Å². The van der Waals surface area contributed by atoms with Gasteiger partial charge in [0.25, 0.3) is 0 Å². The number of likely N-dealkylation sites (tertiary alicyclic amines) is 1. The van der Waals surface area contributed by atoms with Gasteiger partial charge in [-0.2, -0.15) is 11.8 Å². The Morgan fingerprint density at radius 2 is 2.00 bits per heavy atom. The van der Waals surface area contributed by atoms with E-state index in [1.54, 1.807) is 0 Å². The molecule has 2 atom stereocenters. The van der Waals surface area contributed by atoms with Gasteiger partial charge < -0.3 is 15.8 Å². The summed E-state index contributed by atoms with van der Waals surface area (Å²) in [6.07, 6.45) is 3.21. The first-order valence-corrected chi connectivity index (χ1v) is 10.4. The van der Waals surface area contributed by atoms with Crippen LogP contribution in [0.5, 0.6) is 0 Å². The lowest BCUT2D eigenvalue weighted by atomic mass is 10.1. The third-order valence-electron chi connectivity index (χ3n) is 3.98. The summed E-state index contributed by atoms with van der Waals surface area (Å²) in [5.74, 6) is 2.96. The third kappa shape index (κ3) is 5.59. The summed E-state index contributed by atoms with van der Waals surface area (Å²) in [6.45, 7) is 12.6. The van der Waals surface area contributed by atoms with E-state index in [0.29, 0.717) is 11.7 Å². The Labute approximate surface area is 155 Å². The van der Waals surface area contributed by atoms with Crippen LogP contribution < -0.4 is 5.73 Å². The third-order valence-corrected chi connectivity index (χ3v) is 5.06. The monoisotopic (exact) mass is 367 g/mol. The largest absolute Gasteiger partial charge is 0.391 e. The number of H-pyrrole nitrogens is 1. The number of aromatic nitrogens is 3. The van der Waals surface area contributed by atoms with E-state index in [1.807, 2.05) is 45.7 Å². The molecule has 2 aromatic rings. The molecule has 0 aromatic carbocycles. The molecule has 0 aliphatic carbocycles. The van der Waals surface area contributed by atoms with E-state index in [4.69, 9.17) is 5.73 Å². The van der Waals surface area contributed by atoms with E-state index in [1.165, 1.54) is 6.33 Å². The van der Waals surface area contributed by atoms with E-state index in [2.05, 4.69) is 26.8 Å². The number of anilines is 1. The number of nitrogens with zero attached hydrogens (tertiary/aromatic N) is 3. The number of aromatic amines is 1. The Morgan fingerprint density at radius 1 is 1.28 bits per heavy atom. The molecule has 0 spiro atoms. The molecular weight excluding hydrogens is 334 g/mol. The number of rotatable bonds is 5. The number of nitrogens with two attached hydrogens (primary N) is 1. The minimum Gasteiger partial charge on any atom is -0.391 e. The number of fused-ring (bicyclic) bond motifs is 1. The lowest BCUT2D eigenvalue weighted by molar-refractivity contribution is 0.149. The number of thioether (sulfide) groups is 1. The Balaban J connectivity index is 0.000000730. The second-order valence-corrected chi connectivity index (χ2v) is 6.80. The highest BCUT2D eigenvalue weighted by Crippen LogP contribution is 2.25. The van der Waals surface area contributed by atoms with Crippen LogP contribution in [-0.4, -0.2) is 55.7 Å². The van der Waals surface area contributed by atoms with Crippen LogP contribution in [0, 0.1) is 5.92 Å². The zero-order chi connectivity index (χ0) is 18.8. The first-order chi connectivity index (χ1) is 12.2. The SMILES string of the molecule is CC.CC.CCSCC1CN(Cc2c[nH]c3c(N)ncnc23)C[C@H]1O. The van der Waals surface area contributed by atoms with E-state index >= 15 is 0 Å². The molecule has 2 aromatic heterocycles. The Bertz CT molecular complexity index is 619. The molecule has 1 aliphatic heterocycles. The standard InChI is InChI=1S/C14H21N5OS.2C2H6/c1-2-21-7-10-5-19(6-11(10)20)4-9-3-16-13-12(9)17-8-18-14(13)15;2*1-2/h3,8,10-11,16,20H,2,4-7H2,1H3,(H2,15,17,18);2*1-2H3/t10?,11-;;/m1../s1. The number of nitrogens with one attached hydrogen (secondary N) is 1. The predicted molar refractivity (Wildman–Crippen MR) is 109 cm³/mol. The second kappa shape index (κ2) is 11.3. The normalized spacial score (nSPS) is 19.9. The van der Waals surface area contributed by atoms with Gasteiger partial charge in [-0.25, -0.2) is 9.97 Å². The number of β-amino-alcohol motifs (C(OH)–C–C–N with tert-alkyl or cyclic N) is 1. The molecule has 0 amide bonds. The van der Waals surface area contributed by atoms with Crippen molar-refractivity contribution in [2.75, 3.05) is 30.3 Å². The molecule has 7 heteroatoms. The molecule has 142 valence electrons. The summed E-state index contributed by atoms with van der Waals surface area (Å²) in [4.78, 5) is 13.7. The van der Waals surface area contributed by atoms with E-state index in [0.717, 1.165) is 47.7 Å². The molecule has 0 bridgehead atoms. The number of aliphatic hydroxyl groups is 1. The lowest BCUT2D eigenvalue weighted by Crippen LogP contribution is -2.21. The van der Waals surface area contributed by atoms with Crippen LogP contribution in [-0.2, 0) is 6.54 Å². The van der Waals surface area contributed by atoms with Crippen molar-refractivity contribution in [2.24, 2.45) is 5.92 Å². The Hall–Kier alpha value is -1.31. The van der Waals surface area contributed by atoms with Gasteiger partial charge in [0.2, 0.25) is 0 Å². The number of aliphatic hydroxyl groups excluding tert-OH is 1. The highest BCUT2D eigenvalue weighted by molar-refractivity contribution is 7.99. The fourth-order valence-corrected chi connectivity index (χ4v) is 3.74. The van der Waals surface area contributed by atoms with E-state index in [-0.39, 0.29) is 6.10 Å². The van der Waals surface area contributed by atoms with Crippen LogP contribution in [0.2, 0.25) is 0 Å². The van der Waals surface area contributed by atoms with Crippen LogP contribution in [0.3, 0.4) is 0 Å². The highest BCUT2D eigenvalue weighted by Gasteiger charge is 2.31. The molecule has 3 rings (SSSR count). The Morgan fingerprint density at radius 3 is 2.68 bits per heavy atom. The zero-order valence-corrected chi connectivity index (χ0v) is 16.9. The smallest absolute Gasteiger partial charge is 0.151 e. The number of hydrogen-bond acceptors (Lipinski definition) is 6. The minimum atomic E-state index is -0.228. The highest BCUT2D eigenvalue weighted by atomic mass is 32.2. The average molecular weight is 368 g/mol. The van der Waals surface area contributed by atoms with Crippen LogP contribution in [0.25, 0.3) is 11.0 Å². The summed E-state index contributed by atoms with van der Waals surface area (Å²) in [5.41, 5.74) is 8.62. The molecule has 0 saturated carbocycles. The van der Waals surface area contributed by atoms with E-state index in [9.17, 15) is 5.11 Å². The average Bonchev–Trinajstić information content (AvgIpc) is 3.21. The second-order valence-electron chi connectivity index (χ2n) is 5.48. The van der Waals surface area contributed by atoms with Crippen molar-refractivity contribution in [3.05, 3.63) is 18.1 Å². The van der Waals surface area contributed by atoms with Gasteiger partial charge in [-0.05, 0) is 11.5 Å². The van der Waals surface area contributed by atoms with Gasteiger partial charge in [0.05, 0.1) is 11.6 Å². The van der Waals surface area contributed by atoms with Gasteiger partial charge in [0, 0.05) is 37.3 Å². The fourth-order valence-electron chi connectivity index (χ4n) is 2.88. The fraction of sp³-hybridized carbons (Fsp3) is 0.667. The van der Waals surface area contributed by atoms with Crippen LogP contribution in [0.4, 0.5) is 5.82 Å². The molecule has 1 unspecified atom stereocenters. The van der Waals surface area contributed by atoms with Crippen molar-refractivity contribution in [1.29, 1.82) is 0 Å². The maximum absolute atomic E-state index is 10.2. The molecule has 0 radical (unpaired) electrons. The van der Waals surface area contributed by atoms with Crippen LogP contribution in [0.1, 0.15) is 40.2 Å². The minimum absolute atomic E-state index is 0.228. The van der Waals surface area contributed by atoms with Crippen molar-refractivity contribution in [1.82, 2.24) is 19.9 Å². The summed E-state index contributed by atoms with van der Waals surface area (Å²) in [6, 6.07) is 0. The molecule has 1 aliphatic rings. The molecule has 3 heterocycles. The summed E-state index contributed by atoms with van der Waals surface area (Å²) < 4.78 is 0. The zero-order valence-electron chi connectivity index (χ0n) is 16.1. The van der Waals surface area contributed by atoms with Crippen LogP contribution >= 0.6 is 11.8 Å². The topological polar surface area (TPSA) is 91.1 Å². The summed E-state index contributed by atoms with van der Waals surface area (Å²) in [5, 5.41) is 10.2. The van der Waals surface area contributed by atoms with Gasteiger partial charge in [-0.1, -0.05) is 34.6 Å². The quantitative estimate of drug-likeness (QED) is 0.752. The van der Waals surface area contributed by atoms with Crippen molar-refractivity contribution in [3.63, 3.8) is 0 Å². The van der Waals surface area contributed by atoms with Gasteiger partial charge in [-0.15, -0.1) is 0 Å². The summed E-state index contributed by atoms with van der Waals surface area (Å²) in [7, 11) is 0. The maximum Gasteiger partial charge on any atom is 0.151 e. The number of nitrogen functional groups attached to an aromatic ring is 1. The molecular formula is C18H33N5OS. The molecule has 6 nitrogen and oxygen atoms in total. The van der Waals surface area contributed by atoms with Crippen molar-refractivity contribution >= 4 is 28.6 Å². The maximum atomic E-state index is 10.2. The van der Waals surface area contributed by atoms with Crippen molar-refractivity contribution in [3.8, 4) is 0 Å². The van der Waals surface area contributed by atoms with Crippen molar-refractivity contribution < 1.29 is 5.11 Å². The Kier molecular flexibility index (Phi) is 9.85. The molecule has 25 heavy (non-hydrogen) atoms. The van der Waals surface area contributed by atoms with Gasteiger partial charge in [0.15, 0.2) is 5.82 Å². The van der Waals surface area contributed by atoms with Crippen LogP contribution in [0.15, 0.2) is 12.5 Å². The molecule has 1 saturated heterocycles. The van der Waals surface area contributed by atoms with E-state index < -0.39 is 0 Å².